The summed E-state index contributed by atoms with van der Waals surface area (Å²) in [5, 5.41) is 5.85. The van der Waals surface area contributed by atoms with Crippen LogP contribution in [0.2, 0.25) is 0 Å². The fourth-order valence-electron chi connectivity index (χ4n) is 4.50. The fourth-order valence-corrected chi connectivity index (χ4v) is 4.50. The highest BCUT2D eigenvalue weighted by Crippen LogP contribution is 2.34. The third-order valence-corrected chi connectivity index (χ3v) is 6.51. The van der Waals surface area contributed by atoms with Gasteiger partial charge in [-0.25, -0.2) is 0 Å². The van der Waals surface area contributed by atoms with Crippen LogP contribution < -0.4 is 20.1 Å². The van der Waals surface area contributed by atoms with E-state index in [2.05, 4.69) is 10.6 Å². The molecule has 1 atom stereocenters. The average molecular weight is 486 g/mol. The molecule has 36 heavy (non-hydrogen) atoms. The second kappa shape index (κ2) is 10.5. The van der Waals surface area contributed by atoms with E-state index in [1.807, 2.05) is 36.4 Å². The molecule has 0 aliphatic carbocycles. The Morgan fingerprint density at radius 3 is 2.22 bits per heavy atom. The number of hydrogen-bond acceptors (Lipinski definition) is 5. The number of rotatable bonds is 6. The summed E-state index contributed by atoms with van der Waals surface area (Å²) in [6.45, 7) is 1.04. The predicted molar refractivity (Wildman–Crippen MR) is 134 cm³/mol. The zero-order valence-electron chi connectivity index (χ0n) is 19.7. The van der Waals surface area contributed by atoms with E-state index in [1.54, 1.807) is 47.4 Å². The molecule has 0 spiro atoms. The second-order valence-corrected chi connectivity index (χ2v) is 8.84. The van der Waals surface area contributed by atoms with E-state index in [4.69, 9.17) is 9.47 Å². The molecule has 1 fully saturated rings. The van der Waals surface area contributed by atoms with Crippen molar-refractivity contribution in [3.63, 3.8) is 0 Å². The molecule has 5 rings (SSSR count). The molecular weight excluding hydrogens is 458 g/mol. The van der Waals surface area contributed by atoms with E-state index >= 15 is 0 Å². The third kappa shape index (κ3) is 5.17. The summed E-state index contributed by atoms with van der Waals surface area (Å²) < 4.78 is 10.7. The summed E-state index contributed by atoms with van der Waals surface area (Å²) in [5.41, 5.74) is 1.86. The van der Waals surface area contributed by atoms with E-state index in [9.17, 15) is 14.4 Å². The van der Waals surface area contributed by atoms with Gasteiger partial charge in [0.2, 0.25) is 18.6 Å². The first kappa shape index (κ1) is 23.4. The van der Waals surface area contributed by atoms with E-state index in [-0.39, 0.29) is 30.4 Å². The minimum Gasteiger partial charge on any atom is -0.454 e. The van der Waals surface area contributed by atoms with E-state index in [0.717, 1.165) is 5.56 Å². The van der Waals surface area contributed by atoms with Gasteiger partial charge >= 0.3 is 0 Å². The van der Waals surface area contributed by atoms with Gasteiger partial charge in [0.1, 0.15) is 6.04 Å². The van der Waals surface area contributed by atoms with Gasteiger partial charge in [-0.1, -0.05) is 48.5 Å². The Hall–Kier alpha value is -4.33. The van der Waals surface area contributed by atoms with E-state index < -0.39 is 6.04 Å². The molecule has 3 aromatic carbocycles. The second-order valence-electron chi connectivity index (χ2n) is 8.84. The Balaban J connectivity index is 1.22. The molecule has 0 saturated carbocycles. The van der Waals surface area contributed by atoms with Crippen LogP contribution in [-0.4, -0.2) is 42.5 Å². The van der Waals surface area contributed by atoms with Crippen molar-refractivity contribution >= 4 is 23.4 Å². The molecule has 2 aliphatic heterocycles. The molecule has 3 amide bonds. The number of hydrogen-bond donors (Lipinski definition) is 2. The SMILES string of the molecule is O=C(N[C@H](C(=O)N1CCC(C(=O)Nc2ccc3c(c2)OCO3)CC1)c1ccccc1)c1ccccc1. The number of carbonyl (C=O) groups excluding carboxylic acids is 3. The first-order valence-corrected chi connectivity index (χ1v) is 12.0. The van der Waals surface area contributed by atoms with Crippen LogP contribution in [0.4, 0.5) is 5.69 Å². The highest BCUT2D eigenvalue weighted by atomic mass is 16.7. The van der Waals surface area contributed by atoms with Crippen molar-refractivity contribution in [1.29, 1.82) is 0 Å². The standard InChI is InChI=1S/C28H27N3O5/c32-26(29-22-11-12-23-24(17-22)36-18-35-23)21-13-15-31(16-14-21)28(34)25(19-7-3-1-4-8-19)30-27(33)20-9-5-2-6-10-20/h1-12,17,21,25H,13-16,18H2,(H,29,32)(H,30,33)/t25-/m0/s1. The van der Waals surface area contributed by atoms with Crippen molar-refractivity contribution in [2.24, 2.45) is 5.92 Å². The van der Waals surface area contributed by atoms with Gasteiger partial charge in [-0.2, -0.15) is 0 Å². The summed E-state index contributed by atoms with van der Waals surface area (Å²) in [6.07, 6.45) is 1.08. The van der Waals surface area contributed by atoms with Crippen molar-refractivity contribution in [2.45, 2.75) is 18.9 Å². The average Bonchev–Trinajstić information content (AvgIpc) is 3.40. The van der Waals surface area contributed by atoms with Crippen LogP contribution in [0, 0.1) is 5.92 Å². The molecular formula is C28H27N3O5. The number of carbonyl (C=O) groups is 3. The van der Waals surface area contributed by atoms with Gasteiger partial charge in [0.25, 0.3) is 5.91 Å². The molecule has 8 nitrogen and oxygen atoms in total. The van der Waals surface area contributed by atoms with Crippen LogP contribution in [0.5, 0.6) is 11.5 Å². The zero-order valence-corrected chi connectivity index (χ0v) is 19.7. The first-order valence-electron chi connectivity index (χ1n) is 12.0. The Morgan fingerprint density at radius 1 is 0.833 bits per heavy atom. The number of nitrogens with zero attached hydrogens (tertiary/aromatic N) is 1. The fraction of sp³-hybridized carbons (Fsp3) is 0.250. The van der Waals surface area contributed by atoms with Crippen molar-refractivity contribution in [2.75, 3.05) is 25.2 Å². The molecule has 1 saturated heterocycles. The van der Waals surface area contributed by atoms with Crippen LogP contribution in [0.1, 0.15) is 34.8 Å². The Labute approximate surface area is 209 Å². The molecule has 0 unspecified atom stereocenters. The Kier molecular flexibility index (Phi) is 6.84. The van der Waals surface area contributed by atoms with E-state index in [1.165, 1.54) is 0 Å². The molecule has 0 aromatic heterocycles. The van der Waals surface area contributed by atoms with Crippen molar-refractivity contribution in [1.82, 2.24) is 10.2 Å². The monoisotopic (exact) mass is 485 g/mol. The minimum atomic E-state index is -0.807. The smallest absolute Gasteiger partial charge is 0.252 e. The maximum Gasteiger partial charge on any atom is 0.252 e. The Bertz CT molecular complexity index is 1240. The number of fused-ring (bicyclic) bond motifs is 1. The number of piperidine rings is 1. The molecule has 184 valence electrons. The zero-order chi connectivity index (χ0) is 24.9. The van der Waals surface area contributed by atoms with Crippen molar-refractivity contribution < 1.29 is 23.9 Å². The number of ether oxygens (including phenoxy) is 2. The highest BCUT2D eigenvalue weighted by Gasteiger charge is 2.32. The van der Waals surface area contributed by atoms with Crippen LogP contribution in [0.3, 0.4) is 0 Å². The first-order chi connectivity index (χ1) is 17.6. The molecule has 2 heterocycles. The van der Waals surface area contributed by atoms with Crippen molar-refractivity contribution in [3.8, 4) is 11.5 Å². The molecule has 0 radical (unpaired) electrons. The molecule has 8 heteroatoms. The summed E-state index contributed by atoms with van der Waals surface area (Å²) in [4.78, 5) is 41.0. The van der Waals surface area contributed by atoms with Gasteiger partial charge in [-0.15, -0.1) is 0 Å². The largest absolute Gasteiger partial charge is 0.454 e. The quantitative estimate of drug-likeness (QED) is 0.554. The topological polar surface area (TPSA) is 97.0 Å². The summed E-state index contributed by atoms with van der Waals surface area (Å²) in [7, 11) is 0. The van der Waals surface area contributed by atoms with Crippen LogP contribution >= 0.6 is 0 Å². The number of amides is 3. The van der Waals surface area contributed by atoms with Crippen LogP contribution in [0.25, 0.3) is 0 Å². The minimum absolute atomic E-state index is 0.0852. The lowest BCUT2D eigenvalue weighted by atomic mass is 9.94. The molecule has 3 aromatic rings. The Morgan fingerprint density at radius 2 is 1.50 bits per heavy atom. The summed E-state index contributed by atoms with van der Waals surface area (Å²) in [6, 6.07) is 22.6. The van der Waals surface area contributed by atoms with Gasteiger partial charge in [-0.3, -0.25) is 14.4 Å². The maximum absolute atomic E-state index is 13.5. The molecule has 2 N–H and O–H groups in total. The van der Waals surface area contributed by atoms with Gasteiger partial charge in [0.05, 0.1) is 0 Å². The van der Waals surface area contributed by atoms with Crippen molar-refractivity contribution in [3.05, 3.63) is 90.0 Å². The lowest BCUT2D eigenvalue weighted by Crippen LogP contribution is -2.47. The number of benzene rings is 3. The molecule has 0 bridgehead atoms. The molecule has 2 aliphatic rings. The predicted octanol–water partition coefficient (Wildman–Crippen LogP) is 3.76. The lowest BCUT2D eigenvalue weighted by Gasteiger charge is -2.34. The summed E-state index contributed by atoms with van der Waals surface area (Å²) in [5.74, 6) is 0.479. The third-order valence-electron chi connectivity index (χ3n) is 6.51. The number of nitrogens with one attached hydrogen (secondary N) is 2. The number of likely N-dealkylation sites (tertiary alicyclic amines) is 1. The van der Waals surface area contributed by atoms with Crippen LogP contribution in [-0.2, 0) is 9.59 Å². The number of anilines is 1. The van der Waals surface area contributed by atoms with Gasteiger partial charge in [-0.05, 0) is 42.7 Å². The lowest BCUT2D eigenvalue weighted by molar-refractivity contribution is -0.136. The van der Waals surface area contributed by atoms with E-state index in [0.29, 0.717) is 48.7 Å². The van der Waals surface area contributed by atoms with Gasteiger partial charge in [0.15, 0.2) is 11.5 Å². The van der Waals surface area contributed by atoms with Gasteiger partial charge < -0.3 is 25.0 Å². The van der Waals surface area contributed by atoms with Gasteiger partial charge in [0, 0.05) is 36.3 Å². The highest BCUT2D eigenvalue weighted by molar-refractivity contribution is 5.98. The normalized spacial score (nSPS) is 15.7. The summed E-state index contributed by atoms with van der Waals surface area (Å²) >= 11 is 0. The van der Waals surface area contributed by atoms with Crippen LogP contribution in [0.15, 0.2) is 78.9 Å². The maximum atomic E-state index is 13.5.